The van der Waals surface area contributed by atoms with Crippen LogP contribution < -0.4 is 4.90 Å². The minimum absolute atomic E-state index is 0.997. The van der Waals surface area contributed by atoms with Crippen LogP contribution >= 0.6 is 12.6 Å². The predicted octanol–water partition coefficient (Wildman–Crippen LogP) is 2.75. The van der Waals surface area contributed by atoms with E-state index in [-0.39, 0.29) is 0 Å². The summed E-state index contributed by atoms with van der Waals surface area (Å²) in [5, 5.41) is 0. The van der Waals surface area contributed by atoms with Crippen molar-refractivity contribution >= 4 is 18.3 Å². The molecule has 0 spiro atoms. The van der Waals surface area contributed by atoms with E-state index < -0.39 is 0 Å². The molecule has 0 radical (unpaired) electrons. The second-order valence-electron chi connectivity index (χ2n) is 5.25. The van der Waals surface area contributed by atoms with Crippen molar-refractivity contribution in [2.75, 3.05) is 43.4 Å². The molecule has 1 aliphatic heterocycles. The van der Waals surface area contributed by atoms with Crippen molar-refractivity contribution in [3.05, 3.63) is 29.3 Å². The number of hydrogen-bond donors (Lipinski definition) is 1. The summed E-state index contributed by atoms with van der Waals surface area (Å²) in [7, 11) is 0. The number of piperazine rings is 1. The molecule has 3 heteroatoms. The van der Waals surface area contributed by atoms with Crippen molar-refractivity contribution < 1.29 is 0 Å². The van der Waals surface area contributed by atoms with Gasteiger partial charge >= 0.3 is 0 Å². The van der Waals surface area contributed by atoms with Crippen molar-refractivity contribution in [2.45, 2.75) is 20.3 Å². The first-order valence-electron chi connectivity index (χ1n) is 6.85. The van der Waals surface area contributed by atoms with E-state index in [0.29, 0.717) is 0 Å². The number of rotatable bonds is 4. The monoisotopic (exact) mass is 264 g/mol. The van der Waals surface area contributed by atoms with Gasteiger partial charge in [-0.3, -0.25) is 4.90 Å². The summed E-state index contributed by atoms with van der Waals surface area (Å²) in [5.41, 5.74) is 4.12. The Kier molecular flexibility index (Phi) is 4.95. The minimum atomic E-state index is 0.997. The van der Waals surface area contributed by atoms with Gasteiger partial charge in [0.1, 0.15) is 0 Å². The van der Waals surface area contributed by atoms with E-state index >= 15 is 0 Å². The zero-order valence-electron chi connectivity index (χ0n) is 11.5. The molecule has 0 aromatic heterocycles. The molecule has 1 aliphatic rings. The fraction of sp³-hybridized carbons (Fsp3) is 0.600. The normalized spacial score (nSPS) is 17.2. The molecule has 0 aliphatic carbocycles. The van der Waals surface area contributed by atoms with E-state index in [1.54, 1.807) is 0 Å². The Morgan fingerprint density at radius 2 is 1.61 bits per heavy atom. The van der Waals surface area contributed by atoms with Gasteiger partial charge in [0, 0.05) is 31.9 Å². The maximum absolute atomic E-state index is 4.28. The topological polar surface area (TPSA) is 6.48 Å². The molecule has 0 bridgehead atoms. The average Bonchev–Trinajstić information content (AvgIpc) is 2.36. The fourth-order valence-electron chi connectivity index (χ4n) is 2.66. The van der Waals surface area contributed by atoms with Gasteiger partial charge in [-0.1, -0.05) is 6.07 Å². The molecule has 0 unspecified atom stereocenters. The van der Waals surface area contributed by atoms with Gasteiger partial charge in [0.2, 0.25) is 0 Å². The van der Waals surface area contributed by atoms with Crippen LogP contribution in [0.2, 0.25) is 0 Å². The van der Waals surface area contributed by atoms with Gasteiger partial charge in [-0.15, -0.1) is 0 Å². The largest absolute Gasteiger partial charge is 0.369 e. The highest BCUT2D eigenvalue weighted by molar-refractivity contribution is 7.80. The molecule has 0 saturated carbocycles. The molecule has 1 saturated heterocycles. The number of nitrogens with zero attached hydrogens (tertiary/aromatic N) is 2. The molecule has 18 heavy (non-hydrogen) atoms. The van der Waals surface area contributed by atoms with Crippen molar-refractivity contribution in [1.82, 2.24) is 4.90 Å². The number of thiol groups is 1. The highest BCUT2D eigenvalue weighted by Gasteiger charge is 2.16. The van der Waals surface area contributed by atoms with Crippen LogP contribution in [0.4, 0.5) is 5.69 Å². The molecular formula is C15H24N2S. The third kappa shape index (κ3) is 3.66. The molecular weight excluding hydrogens is 240 g/mol. The highest BCUT2D eigenvalue weighted by atomic mass is 32.1. The van der Waals surface area contributed by atoms with E-state index in [2.05, 4.69) is 54.5 Å². The lowest BCUT2D eigenvalue weighted by Gasteiger charge is -2.36. The lowest BCUT2D eigenvalue weighted by atomic mass is 10.1. The molecule has 1 heterocycles. The predicted molar refractivity (Wildman–Crippen MR) is 83.0 cm³/mol. The van der Waals surface area contributed by atoms with Gasteiger partial charge < -0.3 is 4.90 Å². The summed E-state index contributed by atoms with van der Waals surface area (Å²) in [6.45, 7) is 10.2. The third-order valence-corrected chi connectivity index (χ3v) is 3.89. The van der Waals surface area contributed by atoms with Gasteiger partial charge in [0.15, 0.2) is 0 Å². The van der Waals surface area contributed by atoms with Gasteiger partial charge in [-0.25, -0.2) is 0 Å². The van der Waals surface area contributed by atoms with E-state index in [1.807, 2.05) is 0 Å². The third-order valence-electron chi connectivity index (χ3n) is 3.58. The van der Waals surface area contributed by atoms with E-state index in [0.717, 1.165) is 18.8 Å². The van der Waals surface area contributed by atoms with Crippen LogP contribution in [0.15, 0.2) is 18.2 Å². The molecule has 0 N–H and O–H groups in total. The molecule has 100 valence electrons. The zero-order valence-corrected chi connectivity index (χ0v) is 12.4. The second-order valence-corrected chi connectivity index (χ2v) is 5.70. The second kappa shape index (κ2) is 6.48. The molecule has 2 nitrogen and oxygen atoms in total. The van der Waals surface area contributed by atoms with Crippen molar-refractivity contribution in [1.29, 1.82) is 0 Å². The standard InChI is InChI=1S/C15H24N2S/c1-13-10-14(2)12-15(11-13)17-7-5-16(6-8-17)4-3-9-18/h10-12,18H,3-9H2,1-2H3. The Morgan fingerprint density at radius 1 is 1.00 bits per heavy atom. The summed E-state index contributed by atoms with van der Waals surface area (Å²) < 4.78 is 0. The van der Waals surface area contributed by atoms with Crippen molar-refractivity contribution in [2.24, 2.45) is 0 Å². The van der Waals surface area contributed by atoms with Crippen LogP contribution in [0, 0.1) is 13.8 Å². The zero-order chi connectivity index (χ0) is 13.0. The Hall–Kier alpha value is -0.670. The highest BCUT2D eigenvalue weighted by Crippen LogP contribution is 2.20. The Bertz CT molecular complexity index is 364. The summed E-state index contributed by atoms with van der Waals surface area (Å²) in [5.74, 6) is 0.997. The molecule has 1 aromatic rings. The van der Waals surface area contributed by atoms with Crippen LogP contribution in [-0.4, -0.2) is 43.4 Å². The quantitative estimate of drug-likeness (QED) is 0.836. The van der Waals surface area contributed by atoms with Crippen LogP contribution in [0.25, 0.3) is 0 Å². The summed E-state index contributed by atoms with van der Waals surface area (Å²) >= 11 is 4.28. The summed E-state index contributed by atoms with van der Waals surface area (Å²) in [6, 6.07) is 6.85. The number of aryl methyl sites for hydroxylation is 2. The van der Waals surface area contributed by atoms with E-state index in [9.17, 15) is 0 Å². The smallest absolute Gasteiger partial charge is 0.0372 e. The van der Waals surface area contributed by atoms with Crippen LogP contribution in [-0.2, 0) is 0 Å². The van der Waals surface area contributed by atoms with Crippen LogP contribution in [0.1, 0.15) is 17.5 Å². The maximum atomic E-state index is 4.28. The first kappa shape index (κ1) is 13.8. The van der Waals surface area contributed by atoms with Gasteiger partial charge in [-0.05, 0) is 55.8 Å². The lowest BCUT2D eigenvalue weighted by Crippen LogP contribution is -2.46. The first-order chi connectivity index (χ1) is 8.69. The van der Waals surface area contributed by atoms with Gasteiger partial charge in [0.05, 0.1) is 0 Å². The number of hydrogen-bond acceptors (Lipinski definition) is 3. The fourth-order valence-corrected chi connectivity index (χ4v) is 2.80. The molecule has 2 rings (SSSR count). The van der Waals surface area contributed by atoms with E-state index in [1.165, 1.54) is 42.9 Å². The maximum Gasteiger partial charge on any atom is 0.0372 e. The van der Waals surface area contributed by atoms with Gasteiger partial charge in [-0.2, -0.15) is 12.6 Å². The SMILES string of the molecule is Cc1cc(C)cc(N2CCN(CCCS)CC2)c1. The van der Waals surface area contributed by atoms with Crippen molar-refractivity contribution in [3.63, 3.8) is 0 Å². The Labute approximate surface area is 116 Å². The minimum Gasteiger partial charge on any atom is -0.369 e. The number of anilines is 1. The summed E-state index contributed by atoms with van der Waals surface area (Å²) in [4.78, 5) is 5.06. The van der Waals surface area contributed by atoms with E-state index in [4.69, 9.17) is 0 Å². The molecule has 0 atom stereocenters. The molecule has 1 fully saturated rings. The lowest BCUT2D eigenvalue weighted by molar-refractivity contribution is 0.259. The van der Waals surface area contributed by atoms with Crippen LogP contribution in [0.3, 0.4) is 0 Å². The van der Waals surface area contributed by atoms with Crippen LogP contribution in [0.5, 0.6) is 0 Å². The molecule has 0 amide bonds. The first-order valence-corrected chi connectivity index (χ1v) is 7.49. The Morgan fingerprint density at radius 3 is 2.17 bits per heavy atom. The number of benzene rings is 1. The Balaban J connectivity index is 1.92. The van der Waals surface area contributed by atoms with Crippen molar-refractivity contribution in [3.8, 4) is 0 Å². The molecule has 1 aromatic carbocycles. The summed E-state index contributed by atoms with van der Waals surface area (Å²) in [6.07, 6.45) is 1.20. The van der Waals surface area contributed by atoms with Gasteiger partial charge in [0.25, 0.3) is 0 Å². The average molecular weight is 264 g/mol.